The third kappa shape index (κ3) is 3.00. The molecule has 0 aliphatic carbocycles. The van der Waals surface area contributed by atoms with Crippen molar-refractivity contribution in [3.05, 3.63) is 28.2 Å². The highest BCUT2D eigenvalue weighted by Gasteiger charge is 2.10. The molecule has 16 heavy (non-hydrogen) atoms. The maximum Gasteiger partial charge on any atom is 0.144 e. The van der Waals surface area contributed by atoms with E-state index in [4.69, 9.17) is 15.2 Å². The average molecular weight is 286 g/mol. The minimum atomic E-state index is 0.649. The molecule has 0 aliphatic heterocycles. The van der Waals surface area contributed by atoms with Gasteiger partial charge in [0, 0.05) is 5.56 Å². The smallest absolute Gasteiger partial charge is 0.144 e. The van der Waals surface area contributed by atoms with Gasteiger partial charge in [-0.15, -0.1) is 0 Å². The second-order valence-electron chi connectivity index (χ2n) is 3.18. The molecule has 0 heterocycles. The molecule has 0 aliphatic rings. The molecule has 0 radical (unpaired) electrons. The zero-order valence-corrected chi connectivity index (χ0v) is 11.1. The Morgan fingerprint density at radius 3 is 2.62 bits per heavy atom. The SMILES string of the molecule is COc1ccc(/C=C/CCN)c(OC)c1Br. The molecule has 1 aromatic carbocycles. The number of rotatable bonds is 5. The zero-order valence-electron chi connectivity index (χ0n) is 9.50. The predicted octanol–water partition coefficient (Wildman–Crippen LogP) is 2.83. The lowest BCUT2D eigenvalue weighted by Crippen LogP contribution is -1.95. The quantitative estimate of drug-likeness (QED) is 0.905. The van der Waals surface area contributed by atoms with E-state index >= 15 is 0 Å². The fourth-order valence-electron chi connectivity index (χ4n) is 1.36. The first kappa shape index (κ1) is 13.1. The summed E-state index contributed by atoms with van der Waals surface area (Å²) in [6.07, 6.45) is 4.87. The van der Waals surface area contributed by atoms with Crippen LogP contribution in [0.2, 0.25) is 0 Å². The Bertz CT molecular complexity index is 378. The third-order valence-electron chi connectivity index (χ3n) is 2.15. The number of hydrogen-bond acceptors (Lipinski definition) is 3. The monoisotopic (exact) mass is 285 g/mol. The van der Waals surface area contributed by atoms with E-state index < -0.39 is 0 Å². The molecule has 0 unspecified atom stereocenters. The van der Waals surface area contributed by atoms with Crippen LogP contribution >= 0.6 is 15.9 Å². The van der Waals surface area contributed by atoms with Crippen LogP contribution in [0.3, 0.4) is 0 Å². The lowest BCUT2D eigenvalue weighted by Gasteiger charge is -2.10. The Labute approximate surface area is 104 Å². The van der Waals surface area contributed by atoms with Crippen molar-refractivity contribution in [1.82, 2.24) is 0 Å². The molecule has 0 amide bonds. The molecule has 1 aromatic rings. The van der Waals surface area contributed by atoms with Crippen LogP contribution in [0.15, 0.2) is 22.7 Å². The molecular weight excluding hydrogens is 270 g/mol. The predicted molar refractivity (Wildman–Crippen MR) is 70.0 cm³/mol. The van der Waals surface area contributed by atoms with Crippen molar-refractivity contribution in [3.8, 4) is 11.5 Å². The van der Waals surface area contributed by atoms with Gasteiger partial charge in [0.15, 0.2) is 0 Å². The highest BCUT2D eigenvalue weighted by Crippen LogP contribution is 2.37. The van der Waals surface area contributed by atoms with Crippen molar-refractivity contribution in [2.75, 3.05) is 20.8 Å². The molecule has 0 spiro atoms. The minimum Gasteiger partial charge on any atom is -0.495 e. The van der Waals surface area contributed by atoms with E-state index in [-0.39, 0.29) is 0 Å². The van der Waals surface area contributed by atoms with E-state index in [1.54, 1.807) is 14.2 Å². The Morgan fingerprint density at radius 2 is 2.06 bits per heavy atom. The molecule has 0 saturated heterocycles. The third-order valence-corrected chi connectivity index (χ3v) is 2.90. The molecule has 0 aromatic heterocycles. The second kappa shape index (κ2) is 6.55. The summed E-state index contributed by atoms with van der Waals surface area (Å²) in [7, 11) is 3.27. The second-order valence-corrected chi connectivity index (χ2v) is 3.98. The van der Waals surface area contributed by atoms with Gasteiger partial charge < -0.3 is 15.2 Å². The molecule has 3 nitrogen and oxygen atoms in total. The van der Waals surface area contributed by atoms with Crippen LogP contribution in [0, 0.1) is 0 Å². The molecule has 0 saturated carbocycles. The van der Waals surface area contributed by atoms with E-state index in [0.29, 0.717) is 6.54 Å². The van der Waals surface area contributed by atoms with E-state index in [0.717, 1.165) is 28.0 Å². The van der Waals surface area contributed by atoms with Gasteiger partial charge in [-0.05, 0) is 41.0 Å². The maximum atomic E-state index is 5.43. The number of halogens is 1. The van der Waals surface area contributed by atoms with Crippen LogP contribution in [-0.2, 0) is 0 Å². The fourth-order valence-corrected chi connectivity index (χ4v) is 2.04. The number of benzene rings is 1. The topological polar surface area (TPSA) is 44.5 Å². The van der Waals surface area contributed by atoms with Gasteiger partial charge in [-0.2, -0.15) is 0 Å². The van der Waals surface area contributed by atoms with E-state index in [1.807, 2.05) is 24.3 Å². The highest BCUT2D eigenvalue weighted by atomic mass is 79.9. The van der Waals surface area contributed by atoms with Gasteiger partial charge >= 0.3 is 0 Å². The number of ether oxygens (including phenoxy) is 2. The summed E-state index contributed by atoms with van der Waals surface area (Å²) in [5.74, 6) is 1.53. The van der Waals surface area contributed by atoms with Crippen molar-refractivity contribution >= 4 is 22.0 Å². The maximum absolute atomic E-state index is 5.43. The normalized spacial score (nSPS) is 10.8. The number of methoxy groups -OCH3 is 2. The Hall–Kier alpha value is -1.00. The molecule has 1 rings (SSSR count). The van der Waals surface area contributed by atoms with Crippen LogP contribution in [0.5, 0.6) is 11.5 Å². The number of nitrogens with two attached hydrogens (primary N) is 1. The lowest BCUT2D eigenvalue weighted by atomic mass is 10.1. The Kier molecular flexibility index (Phi) is 5.35. The molecule has 88 valence electrons. The van der Waals surface area contributed by atoms with Gasteiger partial charge in [0.1, 0.15) is 16.0 Å². The molecule has 0 fully saturated rings. The molecule has 0 bridgehead atoms. The van der Waals surface area contributed by atoms with Crippen LogP contribution < -0.4 is 15.2 Å². The summed E-state index contributed by atoms with van der Waals surface area (Å²) in [4.78, 5) is 0. The largest absolute Gasteiger partial charge is 0.495 e. The van der Waals surface area contributed by atoms with Gasteiger partial charge in [0.2, 0.25) is 0 Å². The summed E-state index contributed by atoms with van der Waals surface area (Å²) in [6, 6.07) is 3.85. The Balaban J connectivity index is 3.05. The van der Waals surface area contributed by atoms with Crippen molar-refractivity contribution in [1.29, 1.82) is 0 Å². The summed E-state index contributed by atoms with van der Waals surface area (Å²) in [5, 5.41) is 0. The first-order valence-electron chi connectivity index (χ1n) is 5.01. The van der Waals surface area contributed by atoms with Gasteiger partial charge in [0.25, 0.3) is 0 Å². The van der Waals surface area contributed by atoms with E-state index in [9.17, 15) is 0 Å². The number of hydrogen-bond donors (Lipinski definition) is 1. The molecule has 4 heteroatoms. The van der Waals surface area contributed by atoms with Gasteiger partial charge in [-0.1, -0.05) is 12.2 Å². The molecule has 2 N–H and O–H groups in total. The highest BCUT2D eigenvalue weighted by molar-refractivity contribution is 9.10. The lowest BCUT2D eigenvalue weighted by molar-refractivity contribution is 0.389. The fraction of sp³-hybridized carbons (Fsp3) is 0.333. The zero-order chi connectivity index (χ0) is 12.0. The van der Waals surface area contributed by atoms with Crippen LogP contribution in [0.4, 0.5) is 0 Å². The van der Waals surface area contributed by atoms with Crippen LogP contribution in [0.1, 0.15) is 12.0 Å². The summed E-state index contributed by atoms with van der Waals surface area (Å²) >= 11 is 3.45. The summed E-state index contributed by atoms with van der Waals surface area (Å²) in [6.45, 7) is 0.649. The summed E-state index contributed by atoms with van der Waals surface area (Å²) in [5.41, 5.74) is 6.43. The standard InChI is InChI=1S/C12H16BrNO2/c1-15-10-7-6-9(5-3-4-8-14)12(16-2)11(10)13/h3,5-7H,4,8,14H2,1-2H3/b5-3+. The molecular formula is C12H16BrNO2. The first-order chi connectivity index (χ1) is 7.74. The Morgan fingerprint density at radius 1 is 1.31 bits per heavy atom. The van der Waals surface area contributed by atoms with Crippen molar-refractivity contribution in [3.63, 3.8) is 0 Å². The van der Waals surface area contributed by atoms with Gasteiger partial charge in [0.05, 0.1) is 14.2 Å². The van der Waals surface area contributed by atoms with E-state index in [1.165, 1.54) is 0 Å². The minimum absolute atomic E-state index is 0.649. The van der Waals surface area contributed by atoms with Crippen molar-refractivity contribution in [2.45, 2.75) is 6.42 Å². The van der Waals surface area contributed by atoms with Crippen LogP contribution in [0.25, 0.3) is 6.08 Å². The van der Waals surface area contributed by atoms with Crippen LogP contribution in [-0.4, -0.2) is 20.8 Å². The van der Waals surface area contributed by atoms with Gasteiger partial charge in [-0.3, -0.25) is 0 Å². The molecule has 0 atom stereocenters. The summed E-state index contributed by atoms with van der Waals surface area (Å²) < 4.78 is 11.4. The first-order valence-corrected chi connectivity index (χ1v) is 5.81. The average Bonchev–Trinajstić information content (AvgIpc) is 2.30. The van der Waals surface area contributed by atoms with Gasteiger partial charge in [-0.25, -0.2) is 0 Å². The van der Waals surface area contributed by atoms with Crippen molar-refractivity contribution in [2.24, 2.45) is 5.73 Å². The van der Waals surface area contributed by atoms with Crippen molar-refractivity contribution < 1.29 is 9.47 Å². The van der Waals surface area contributed by atoms with E-state index in [2.05, 4.69) is 15.9 Å².